The Morgan fingerprint density at radius 1 is 0.929 bits per heavy atom. The average molecular weight is 403 g/mol. The van der Waals surface area contributed by atoms with Crippen LogP contribution in [0.5, 0.6) is 0 Å². The Kier molecular flexibility index (Phi) is 8.02. The first-order chi connectivity index (χ1) is 13.3. The first kappa shape index (κ1) is 21.4. The molecule has 2 rings (SSSR count). The van der Waals surface area contributed by atoms with E-state index in [0.29, 0.717) is 22.8 Å². The van der Waals surface area contributed by atoms with Crippen molar-refractivity contribution < 1.29 is 19.1 Å². The summed E-state index contributed by atoms with van der Waals surface area (Å²) in [5, 5.41) is 5.96. The van der Waals surface area contributed by atoms with E-state index < -0.39 is 11.9 Å². The Hall–Kier alpha value is -2.86. The summed E-state index contributed by atoms with van der Waals surface area (Å²) >= 11 is 6.02. The maximum absolute atomic E-state index is 11.9. The lowest BCUT2D eigenvalue weighted by Gasteiger charge is -2.08. The van der Waals surface area contributed by atoms with Crippen LogP contribution in [-0.2, 0) is 19.1 Å². The molecule has 0 fully saturated rings. The minimum Gasteiger partial charge on any atom is -0.456 e. The van der Waals surface area contributed by atoms with Crippen LogP contribution in [0.4, 0.5) is 11.4 Å². The lowest BCUT2D eigenvalue weighted by Crippen LogP contribution is -2.21. The molecule has 2 N–H and O–H groups in total. The van der Waals surface area contributed by atoms with Gasteiger partial charge in [0.05, 0.1) is 0 Å². The number of rotatable bonds is 8. The molecule has 0 radical (unpaired) electrons. The Morgan fingerprint density at radius 3 is 2.36 bits per heavy atom. The average Bonchev–Trinajstić information content (AvgIpc) is 2.63. The molecule has 0 unspecified atom stereocenters. The maximum Gasteiger partial charge on any atom is 0.306 e. The van der Waals surface area contributed by atoms with Gasteiger partial charge < -0.3 is 15.4 Å². The predicted octanol–water partition coefficient (Wildman–Crippen LogP) is 4.25. The number of hydrogen-bond acceptors (Lipinski definition) is 4. The van der Waals surface area contributed by atoms with Crippen LogP contribution in [0.3, 0.4) is 0 Å². The van der Waals surface area contributed by atoms with Gasteiger partial charge in [-0.15, -0.1) is 0 Å². The monoisotopic (exact) mass is 402 g/mol. The molecule has 6 nitrogen and oxygen atoms in total. The fourth-order valence-corrected chi connectivity index (χ4v) is 2.61. The normalized spacial score (nSPS) is 10.2. The van der Waals surface area contributed by atoms with E-state index in [1.54, 1.807) is 18.2 Å². The molecule has 0 spiro atoms. The van der Waals surface area contributed by atoms with E-state index in [2.05, 4.69) is 10.6 Å². The third kappa shape index (κ3) is 7.40. The molecular formula is C21H23ClN2O4. The Morgan fingerprint density at radius 2 is 1.64 bits per heavy atom. The fourth-order valence-electron chi connectivity index (χ4n) is 2.43. The quantitative estimate of drug-likeness (QED) is 0.646. The number of benzene rings is 2. The minimum absolute atomic E-state index is 0.0554. The van der Waals surface area contributed by atoms with Gasteiger partial charge in [-0.3, -0.25) is 14.4 Å². The fraction of sp³-hybridized carbons (Fsp3) is 0.286. The summed E-state index contributed by atoms with van der Waals surface area (Å²) in [6.45, 7) is 3.43. The van der Waals surface area contributed by atoms with Gasteiger partial charge in [0, 0.05) is 29.2 Å². The van der Waals surface area contributed by atoms with Gasteiger partial charge in [0.15, 0.2) is 6.61 Å². The van der Waals surface area contributed by atoms with Crippen LogP contribution >= 0.6 is 11.6 Å². The second-order valence-electron chi connectivity index (χ2n) is 6.44. The number of carbonyl (C=O) groups is 3. The second-order valence-corrected chi connectivity index (χ2v) is 6.85. The van der Waals surface area contributed by atoms with Crippen molar-refractivity contribution in [2.75, 3.05) is 17.2 Å². The third-order valence-electron chi connectivity index (χ3n) is 3.91. The summed E-state index contributed by atoms with van der Waals surface area (Å²) in [5.41, 5.74) is 3.19. The topological polar surface area (TPSA) is 84.5 Å². The van der Waals surface area contributed by atoms with Crippen molar-refractivity contribution in [3.8, 4) is 0 Å². The van der Waals surface area contributed by atoms with Crippen LogP contribution in [-0.4, -0.2) is 24.4 Å². The molecule has 0 aromatic heterocycles. The van der Waals surface area contributed by atoms with Gasteiger partial charge in [-0.2, -0.15) is 0 Å². The molecule has 148 valence electrons. The molecule has 28 heavy (non-hydrogen) atoms. The number of hydrogen-bond donors (Lipinski definition) is 2. The second kappa shape index (κ2) is 10.5. The number of halogens is 1. The van der Waals surface area contributed by atoms with Crippen LogP contribution in [0.2, 0.25) is 5.02 Å². The summed E-state index contributed by atoms with van der Waals surface area (Å²) in [6.07, 6.45) is 0.541. The first-order valence-corrected chi connectivity index (χ1v) is 9.29. The van der Waals surface area contributed by atoms with E-state index in [1.807, 2.05) is 38.1 Å². The summed E-state index contributed by atoms with van der Waals surface area (Å²) in [7, 11) is 0. The number of esters is 1. The molecule has 0 saturated carbocycles. The summed E-state index contributed by atoms with van der Waals surface area (Å²) in [5.74, 6) is -1.15. The molecule has 2 aromatic rings. The van der Waals surface area contributed by atoms with Crippen molar-refractivity contribution >= 4 is 40.8 Å². The van der Waals surface area contributed by atoms with Gasteiger partial charge >= 0.3 is 5.97 Å². The van der Waals surface area contributed by atoms with E-state index in [9.17, 15) is 14.4 Å². The van der Waals surface area contributed by atoms with Crippen LogP contribution in [0.25, 0.3) is 0 Å². The predicted molar refractivity (Wildman–Crippen MR) is 109 cm³/mol. The van der Waals surface area contributed by atoms with Crippen LogP contribution < -0.4 is 10.6 Å². The molecule has 2 amide bonds. The first-order valence-electron chi connectivity index (χ1n) is 8.91. The van der Waals surface area contributed by atoms with Gasteiger partial charge in [-0.05, 0) is 55.7 Å². The van der Waals surface area contributed by atoms with Gasteiger partial charge in [0.2, 0.25) is 5.91 Å². The Balaban J connectivity index is 1.64. The van der Waals surface area contributed by atoms with E-state index in [0.717, 1.165) is 11.1 Å². The minimum atomic E-state index is -0.523. The molecule has 0 saturated heterocycles. The molecule has 0 aliphatic rings. The zero-order valence-electron chi connectivity index (χ0n) is 15.9. The van der Waals surface area contributed by atoms with Crippen molar-refractivity contribution in [2.24, 2.45) is 0 Å². The van der Waals surface area contributed by atoms with Gasteiger partial charge in [-0.25, -0.2) is 0 Å². The number of nitrogens with one attached hydrogen (secondary N) is 2. The van der Waals surface area contributed by atoms with Gasteiger partial charge in [-0.1, -0.05) is 29.8 Å². The van der Waals surface area contributed by atoms with Crippen molar-refractivity contribution in [1.29, 1.82) is 0 Å². The van der Waals surface area contributed by atoms with Gasteiger partial charge in [0.1, 0.15) is 0 Å². The van der Waals surface area contributed by atoms with E-state index in [4.69, 9.17) is 16.3 Å². The third-order valence-corrected chi connectivity index (χ3v) is 4.31. The van der Waals surface area contributed by atoms with Crippen molar-refractivity contribution in [3.63, 3.8) is 0 Å². The summed E-state index contributed by atoms with van der Waals surface area (Å²) < 4.78 is 4.94. The number of amides is 2. The zero-order chi connectivity index (χ0) is 20.5. The van der Waals surface area contributed by atoms with Crippen LogP contribution in [0, 0.1) is 13.8 Å². The molecule has 7 heteroatoms. The highest BCUT2D eigenvalue weighted by Crippen LogP contribution is 2.20. The number of aryl methyl sites for hydroxylation is 2. The lowest BCUT2D eigenvalue weighted by atomic mass is 10.2. The molecule has 0 bridgehead atoms. The highest BCUT2D eigenvalue weighted by atomic mass is 35.5. The van der Waals surface area contributed by atoms with E-state index in [-0.39, 0.29) is 25.4 Å². The molecule has 0 heterocycles. The summed E-state index contributed by atoms with van der Waals surface area (Å²) in [6, 6.07) is 12.6. The molecule has 0 aliphatic heterocycles. The number of carbonyl (C=O) groups excluding carboxylic acids is 3. The molecule has 0 atom stereocenters. The smallest absolute Gasteiger partial charge is 0.306 e. The van der Waals surface area contributed by atoms with E-state index in [1.165, 1.54) is 0 Å². The number of ether oxygens (including phenoxy) is 1. The van der Waals surface area contributed by atoms with Crippen molar-refractivity contribution in [1.82, 2.24) is 0 Å². The van der Waals surface area contributed by atoms with Crippen LogP contribution in [0.1, 0.15) is 30.4 Å². The van der Waals surface area contributed by atoms with Gasteiger partial charge in [0.25, 0.3) is 5.91 Å². The molecule has 2 aromatic carbocycles. The molecular weight excluding hydrogens is 380 g/mol. The Labute approximate surface area is 169 Å². The van der Waals surface area contributed by atoms with Crippen LogP contribution in [0.15, 0.2) is 42.5 Å². The zero-order valence-corrected chi connectivity index (χ0v) is 16.6. The highest BCUT2D eigenvalue weighted by molar-refractivity contribution is 6.31. The standard InChI is InChI=1S/C21H23ClN2O4/c1-14-5-3-6-16(11-14)24-20(26)13-28-21(27)8-4-7-19(25)23-17-10-9-15(2)18(22)12-17/h3,5-6,9-12H,4,7-8,13H2,1-2H3,(H,23,25)(H,24,26). The van der Waals surface area contributed by atoms with Crippen molar-refractivity contribution in [2.45, 2.75) is 33.1 Å². The molecule has 0 aliphatic carbocycles. The maximum atomic E-state index is 11.9. The number of anilines is 2. The lowest BCUT2D eigenvalue weighted by molar-refractivity contribution is -0.147. The largest absolute Gasteiger partial charge is 0.456 e. The summed E-state index contributed by atoms with van der Waals surface area (Å²) in [4.78, 5) is 35.4. The Bertz CT molecular complexity index is 867. The van der Waals surface area contributed by atoms with E-state index >= 15 is 0 Å². The van der Waals surface area contributed by atoms with Crippen molar-refractivity contribution in [3.05, 3.63) is 58.6 Å². The highest BCUT2D eigenvalue weighted by Gasteiger charge is 2.10. The SMILES string of the molecule is Cc1cccc(NC(=O)COC(=O)CCCC(=O)Nc2ccc(C)c(Cl)c2)c1.